The lowest BCUT2D eigenvalue weighted by Crippen LogP contribution is -1.83. The Hall–Kier alpha value is -1.85. The van der Waals surface area contributed by atoms with E-state index in [4.69, 9.17) is 27.6 Å². The second-order valence-corrected chi connectivity index (χ2v) is 4.13. The Morgan fingerprint density at radius 2 is 2.06 bits per heavy atom. The molecule has 5 nitrogen and oxygen atoms in total. The van der Waals surface area contributed by atoms with Crippen LogP contribution in [0.25, 0.3) is 0 Å². The first kappa shape index (κ1) is 12.6. The fourth-order valence-corrected chi connectivity index (χ4v) is 1.56. The van der Waals surface area contributed by atoms with Crippen molar-refractivity contribution in [3.8, 4) is 0 Å². The molecule has 1 aromatic heterocycles. The number of benzene rings is 1. The lowest BCUT2D eigenvalue weighted by Gasteiger charge is -1.97. The van der Waals surface area contributed by atoms with Crippen LogP contribution in [0.4, 0.5) is 11.6 Å². The molecule has 0 atom stereocenters. The number of nitrogens with zero attached hydrogens (tertiary/aromatic N) is 2. The fourth-order valence-electron chi connectivity index (χ4n) is 1.23. The van der Waals surface area contributed by atoms with E-state index in [1.807, 2.05) is 0 Å². The summed E-state index contributed by atoms with van der Waals surface area (Å²) in [6, 6.07) is 7.53. The summed E-state index contributed by atoms with van der Waals surface area (Å²) in [5.74, 6) is -0.0774. The Morgan fingerprint density at radius 1 is 1.28 bits per heavy atom. The van der Waals surface area contributed by atoms with Crippen molar-refractivity contribution < 1.29 is 9.34 Å². The van der Waals surface area contributed by atoms with Crippen molar-refractivity contribution in [3.05, 3.63) is 56.3 Å². The van der Waals surface area contributed by atoms with E-state index in [1.54, 1.807) is 18.2 Å². The molecule has 2 aromatic rings. The number of aliphatic imine (C=N–C) groups is 1. The fraction of sp³-hybridized carbons (Fsp3) is 0. The standard InChI is InChI=1S/C11H6Cl2N2O3/c12-7-1-3-9(13)10(5-7)14-6-8-2-4-11(18-8)15(16)17/h1-6H. The maximum absolute atomic E-state index is 10.4. The third-order valence-corrected chi connectivity index (χ3v) is 2.59. The van der Waals surface area contributed by atoms with Gasteiger partial charge in [-0.3, -0.25) is 15.1 Å². The number of furan rings is 1. The quantitative estimate of drug-likeness (QED) is 0.481. The van der Waals surface area contributed by atoms with Gasteiger partial charge < -0.3 is 4.42 Å². The molecule has 0 unspecified atom stereocenters. The van der Waals surface area contributed by atoms with Crippen molar-refractivity contribution in [2.45, 2.75) is 0 Å². The third kappa shape index (κ3) is 2.88. The number of hydrogen-bond donors (Lipinski definition) is 0. The molecule has 2 rings (SSSR count). The van der Waals surface area contributed by atoms with Gasteiger partial charge >= 0.3 is 5.88 Å². The maximum atomic E-state index is 10.4. The summed E-state index contributed by atoms with van der Waals surface area (Å²) in [4.78, 5) is 13.8. The summed E-state index contributed by atoms with van der Waals surface area (Å²) in [6.45, 7) is 0. The second kappa shape index (κ2) is 5.20. The zero-order chi connectivity index (χ0) is 13.1. The Kier molecular flexibility index (Phi) is 3.64. The zero-order valence-corrected chi connectivity index (χ0v) is 10.4. The van der Waals surface area contributed by atoms with E-state index in [0.717, 1.165) is 0 Å². The molecule has 0 amide bonds. The van der Waals surface area contributed by atoms with Gasteiger partial charge in [-0.2, -0.15) is 0 Å². The summed E-state index contributed by atoms with van der Waals surface area (Å²) >= 11 is 11.7. The summed E-state index contributed by atoms with van der Waals surface area (Å²) < 4.78 is 4.91. The van der Waals surface area contributed by atoms with Crippen molar-refractivity contribution in [3.63, 3.8) is 0 Å². The molecule has 0 aliphatic rings. The molecule has 18 heavy (non-hydrogen) atoms. The summed E-state index contributed by atoms with van der Waals surface area (Å²) in [6.07, 6.45) is 1.34. The normalized spacial score (nSPS) is 11.0. The average Bonchev–Trinajstić information content (AvgIpc) is 2.79. The number of rotatable bonds is 3. The summed E-state index contributed by atoms with van der Waals surface area (Å²) in [7, 11) is 0. The van der Waals surface area contributed by atoms with Gasteiger partial charge in [0.15, 0.2) is 5.76 Å². The van der Waals surface area contributed by atoms with Crippen LogP contribution in [0.2, 0.25) is 10.0 Å². The minimum Gasteiger partial charge on any atom is -0.400 e. The zero-order valence-electron chi connectivity index (χ0n) is 8.84. The molecule has 0 N–H and O–H groups in total. The van der Waals surface area contributed by atoms with Crippen LogP contribution in [-0.4, -0.2) is 11.1 Å². The summed E-state index contributed by atoms with van der Waals surface area (Å²) in [5.41, 5.74) is 0.461. The first-order valence-electron chi connectivity index (χ1n) is 4.79. The minimum absolute atomic E-state index is 0.262. The van der Waals surface area contributed by atoms with Gasteiger partial charge in [-0.05, 0) is 24.3 Å². The van der Waals surface area contributed by atoms with Gasteiger partial charge in [0.25, 0.3) is 0 Å². The number of halogens is 2. The van der Waals surface area contributed by atoms with Gasteiger partial charge in [0.1, 0.15) is 4.92 Å². The highest BCUT2D eigenvalue weighted by atomic mass is 35.5. The Balaban J connectivity index is 2.24. The second-order valence-electron chi connectivity index (χ2n) is 3.29. The van der Waals surface area contributed by atoms with Crippen LogP contribution < -0.4 is 0 Å². The van der Waals surface area contributed by atoms with Crippen molar-refractivity contribution >= 4 is 41.0 Å². The van der Waals surface area contributed by atoms with Crippen LogP contribution in [0, 0.1) is 10.1 Å². The molecular formula is C11H6Cl2N2O3. The minimum atomic E-state index is -0.621. The predicted octanol–water partition coefficient (Wildman–Crippen LogP) is 4.25. The molecule has 0 saturated carbocycles. The van der Waals surface area contributed by atoms with E-state index in [2.05, 4.69) is 4.99 Å². The van der Waals surface area contributed by atoms with Crippen LogP contribution in [0.1, 0.15) is 5.76 Å². The van der Waals surface area contributed by atoms with E-state index < -0.39 is 4.92 Å². The van der Waals surface area contributed by atoms with Crippen LogP contribution >= 0.6 is 23.2 Å². The first-order chi connectivity index (χ1) is 8.56. The highest BCUT2D eigenvalue weighted by Crippen LogP contribution is 2.28. The van der Waals surface area contributed by atoms with E-state index in [1.165, 1.54) is 18.3 Å². The molecule has 1 aromatic carbocycles. The highest BCUT2D eigenvalue weighted by molar-refractivity contribution is 6.35. The largest absolute Gasteiger partial charge is 0.433 e. The highest BCUT2D eigenvalue weighted by Gasteiger charge is 2.10. The molecule has 0 bridgehead atoms. The van der Waals surface area contributed by atoms with Gasteiger partial charge in [0, 0.05) is 5.02 Å². The monoisotopic (exact) mass is 284 g/mol. The SMILES string of the molecule is O=[N+]([O-])c1ccc(C=Nc2cc(Cl)ccc2Cl)o1. The Bertz CT molecular complexity index is 623. The maximum Gasteiger partial charge on any atom is 0.433 e. The molecule has 0 spiro atoms. The molecule has 0 saturated heterocycles. The van der Waals surface area contributed by atoms with E-state index in [-0.39, 0.29) is 11.6 Å². The molecule has 92 valence electrons. The predicted molar refractivity (Wildman–Crippen MR) is 69.1 cm³/mol. The molecule has 0 radical (unpaired) electrons. The average molecular weight is 285 g/mol. The van der Waals surface area contributed by atoms with Crippen LogP contribution in [0.5, 0.6) is 0 Å². The molecule has 1 heterocycles. The van der Waals surface area contributed by atoms with Gasteiger partial charge in [-0.1, -0.05) is 23.2 Å². The molecule has 0 fully saturated rings. The number of hydrogen-bond acceptors (Lipinski definition) is 4. The Morgan fingerprint density at radius 3 is 2.72 bits per heavy atom. The lowest BCUT2D eigenvalue weighted by molar-refractivity contribution is -0.402. The third-order valence-electron chi connectivity index (χ3n) is 2.03. The van der Waals surface area contributed by atoms with Crippen LogP contribution in [-0.2, 0) is 0 Å². The smallest absolute Gasteiger partial charge is 0.400 e. The molecular weight excluding hydrogens is 279 g/mol. The lowest BCUT2D eigenvalue weighted by atomic mass is 10.3. The molecule has 0 aliphatic carbocycles. The molecule has 7 heteroatoms. The van der Waals surface area contributed by atoms with Gasteiger partial charge in [-0.15, -0.1) is 0 Å². The van der Waals surface area contributed by atoms with Gasteiger partial charge in [0.05, 0.1) is 23.0 Å². The van der Waals surface area contributed by atoms with Crippen molar-refractivity contribution in [1.29, 1.82) is 0 Å². The van der Waals surface area contributed by atoms with Crippen LogP contribution in [0.15, 0.2) is 39.7 Å². The van der Waals surface area contributed by atoms with Crippen LogP contribution in [0.3, 0.4) is 0 Å². The number of nitro groups is 1. The molecule has 0 aliphatic heterocycles. The van der Waals surface area contributed by atoms with E-state index >= 15 is 0 Å². The van der Waals surface area contributed by atoms with Crippen molar-refractivity contribution in [2.24, 2.45) is 4.99 Å². The van der Waals surface area contributed by atoms with Crippen molar-refractivity contribution in [1.82, 2.24) is 0 Å². The van der Waals surface area contributed by atoms with E-state index in [0.29, 0.717) is 15.7 Å². The van der Waals surface area contributed by atoms with E-state index in [9.17, 15) is 10.1 Å². The van der Waals surface area contributed by atoms with Gasteiger partial charge in [-0.25, -0.2) is 0 Å². The van der Waals surface area contributed by atoms with Crippen molar-refractivity contribution in [2.75, 3.05) is 0 Å². The topological polar surface area (TPSA) is 68.6 Å². The van der Waals surface area contributed by atoms with Gasteiger partial charge in [0.2, 0.25) is 0 Å². The Labute approximate surface area is 112 Å². The summed E-state index contributed by atoms with van der Waals surface area (Å²) in [5, 5.41) is 11.3. The first-order valence-corrected chi connectivity index (χ1v) is 5.55.